The molecule has 0 unspecified atom stereocenters. The van der Waals surface area contributed by atoms with E-state index in [1.54, 1.807) is 0 Å². The van der Waals surface area contributed by atoms with Crippen molar-refractivity contribution in [3.63, 3.8) is 0 Å². The standard InChI is InChI=1S/C21H27F2N3OSi/c1-12(2)17-7-6-14-18(26-17)8-9-24-19(14)21(27)25-13-10-15(22)20(16(23)11-13)28(3,4)5/h6-7,10-12,19,24H,8-9H2,1-5H3,(H,25,27)/t19-/m1/s1. The van der Waals surface area contributed by atoms with Gasteiger partial charge in [-0.05, 0) is 24.1 Å². The van der Waals surface area contributed by atoms with Crippen LogP contribution in [0.2, 0.25) is 19.6 Å². The molecule has 28 heavy (non-hydrogen) atoms. The predicted molar refractivity (Wildman–Crippen MR) is 111 cm³/mol. The Morgan fingerprint density at radius 2 is 1.86 bits per heavy atom. The molecule has 1 aromatic heterocycles. The number of hydrogen-bond donors (Lipinski definition) is 2. The number of rotatable bonds is 4. The van der Waals surface area contributed by atoms with Crippen molar-refractivity contribution in [1.82, 2.24) is 10.3 Å². The molecule has 0 fully saturated rings. The lowest BCUT2D eigenvalue weighted by Crippen LogP contribution is -2.43. The van der Waals surface area contributed by atoms with Crippen LogP contribution in [0.25, 0.3) is 0 Å². The molecule has 0 saturated carbocycles. The van der Waals surface area contributed by atoms with Crippen LogP contribution >= 0.6 is 0 Å². The molecule has 0 radical (unpaired) electrons. The first-order chi connectivity index (χ1) is 13.1. The molecule has 0 aliphatic carbocycles. The molecular weight excluding hydrogens is 376 g/mol. The van der Waals surface area contributed by atoms with Crippen LogP contribution in [-0.4, -0.2) is 25.5 Å². The molecule has 0 bridgehead atoms. The molecule has 1 amide bonds. The van der Waals surface area contributed by atoms with Gasteiger partial charge in [-0.15, -0.1) is 0 Å². The second-order valence-corrected chi connectivity index (χ2v) is 13.6. The summed E-state index contributed by atoms with van der Waals surface area (Å²) in [6.07, 6.45) is 0.744. The van der Waals surface area contributed by atoms with Crippen LogP contribution in [0.1, 0.15) is 42.8 Å². The molecule has 1 atom stereocenters. The van der Waals surface area contributed by atoms with Gasteiger partial charge in [0, 0.05) is 40.8 Å². The number of aromatic nitrogens is 1. The molecule has 150 valence electrons. The Hall–Kier alpha value is -2.12. The Labute approximate surface area is 165 Å². The van der Waals surface area contributed by atoms with E-state index in [1.165, 1.54) is 12.1 Å². The number of halogens is 2. The minimum absolute atomic E-state index is 0.127. The summed E-state index contributed by atoms with van der Waals surface area (Å²) in [5.41, 5.74) is 2.83. The van der Waals surface area contributed by atoms with Crippen LogP contribution in [-0.2, 0) is 11.2 Å². The van der Waals surface area contributed by atoms with Crippen molar-refractivity contribution in [3.8, 4) is 0 Å². The van der Waals surface area contributed by atoms with Gasteiger partial charge in [-0.3, -0.25) is 9.78 Å². The number of fused-ring (bicyclic) bond motifs is 1. The van der Waals surface area contributed by atoms with Crippen molar-refractivity contribution in [2.45, 2.75) is 51.9 Å². The van der Waals surface area contributed by atoms with Gasteiger partial charge in [0.25, 0.3) is 0 Å². The van der Waals surface area contributed by atoms with E-state index in [4.69, 9.17) is 0 Å². The van der Waals surface area contributed by atoms with Crippen molar-refractivity contribution < 1.29 is 13.6 Å². The van der Waals surface area contributed by atoms with Crippen molar-refractivity contribution in [1.29, 1.82) is 0 Å². The van der Waals surface area contributed by atoms with Crippen molar-refractivity contribution in [3.05, 3.63) is 52.9 Å². The monoisotopic (exact) mass is 403 g/mol. The number of amides is 1. The normalized spacial score (nSPS) is 16.8. The first kappa shape index (κ1) is 20.6. The van der Waals surface area contributed by atoms with Gasteiger partial charge in [0.05, 0.1) is 8.07 Å². The fraction of sp³-hybridized carbons (Fsp3) is 0.429. The first-order valence-corrected chi connectivity index (χ1v) is 13.1. The third kappa shape index (κ3) is 4.15. The lowest BCUT2D eigenvalue weighted by molar-refractivity contribution is -0.118. The van der Waals surface area contributed by atoms with E-state index in [9.17, 15) is 13.6 Å². The van der Waals surface area contributed by atoms with Crippen LogP contribution < -0.4 is 15.8 Å². The maximum absolute atomic E-state index is 14.5. The SMILES string of the molecule is CC(C)c1ccc2c(n1)CCN[C@H]2C(=O)Nc1cc(F)c([Si](C)(C)C)c(F)c1. The third-order valence-corrected chi connectivity index (χ3v) is 6.94. The molecule has 1 aliphatic rings. The summed E-state index contributed by atoms with van der Waals surface area (Å²) in [4.78, 5) is 17.5. The second-order valence-electron chi connectivity index (χ2n) is 8.62. The average Bonchev–Trinajstić information content (AvgIpc) is 2.58. The van der Waals surface area contributed by atoms with Gasteiger partial charge < -0.3 is 10.6 Å². The highest BCUT2D eigenvalue weighted by Gasteiger charge is 2.29. The fourth-order valence-electron chi connectivity index (χ4n) is 3.57. The van der Waals surface area contributed by atoms with Gasteiger partial charge in [-0.25, -0.2) is 8.78 Å². The molecule has 2 N–H and O–H groups in total. The zero-order chi connectivity index (χ0) is 20.6. The molecule has 3 rings (SSSR count). The summed E-state index contributed by atoms with van der Waals surface area (Å²) >= 11 is 0. The Bertz CT molecular complexity index is 886. The highest BCUT2D eigenvalue weighted by atomic mass is 28.3. The molecule has 1 aromatic carbocycles. The van der Waals surface area contributed by atoms with Crippen molar-refractivity contribution >= 4 is 24.9 Å². The molecule has 4 nitrogen and oxygen atoms in total. The van der Waals surface area contributed by atoms with E-state index in [0.29, 0.717) is 12.5 Å². The Morgan fingerprint density at radius 1 is 1.21 bits per heavy atom. The van der Waals surface area contributed by atoms with E-state index >= 15 is 0 Å². The number of nitrogens with one attached hydrogen (secondary N) is 2. The second kappa shape index (κ2) is 7.71. The summed E-state index contributed by atoms with van der Waals surface area (Å²) < 4.78 is 29.0. The Kier molecular flexibility index (Phi) is 5.68. The summed E-state index contributed by atoms with van der Waals surface area (Å²) in [6, 6.07) is 5.67. The number of benzene rings is 1. The van der Waals surface area contributed by atoms with E-state index < -0.39 is 25.8 Å². The van der Waals surface area contributed by atoms with Crippen LogP contribution in [0, 0.1) is 11.6 Å². The van der Waals surface area contributed by atoms with Crippen LogP contribution in [0.5, 0.6) is 0 Å². The smallest absolute Gasteiger partial charge is 0.246 e. The first-order valence-electron chi connectivity index (χ1n) is 9.61. The summed E-state index contributed by atoms with van der Waals surface area (Å²) in [6.45, 7) is 10.4. The molecule has 7 heteroatoms. The zero-order valence-electron chi connectivity index (χ0n) is 17.0. The largest absolute Gasteiger partial charge is 0.324 e. The van der Waals surface area contributed by atoms with E-state index in [-0.39, 0.29) is 16.8 Å². The third-order valence-electron chi connectivity index (χ3n) is 4.97. The molecule has 0 spiro atoms. The number of carbonyl (C=O) groups excluding carboxylic acids is 1. The Morgan fingerprint density at radius 3 is 2.43 bits per heavy atom. The van der Waals surface area contributed by atoms with E-state index in [2.05, 4.69) is 29.5 Å². The molecule has 2 heterocycles. The van der Waals surface area contributed by atoms with Crippen LogP contribution in [0.4, 0.5) is 14.5 Å². The number of pyridine rings is 1. The lowest BCUT2D eigenvalue weighted by Gasteiger charge is -2.26. The van der Waals surface area contributed by atoms with Gasteiger partial charge in [-0.1, -0.05) is 39.6 Å². The maximum Gasteiger partial charge on any atom is 0.246 e. The molecule has 2 aromatic rings. The number of anilines is 1. The number of hydrogen-bond acceptors (Lipinski definition) is 3. The number of nitrogens with zero attached hydrogens (tertiary/aromatic N) is 1. The molecule has 0 saturated heterocycles. The quantitative estimate of drug-likeness (QED) is 0.763. The highest BCUT2D eigenvalue weighted by Crippen LogP contribution is 2.26. The van der Waals surface area contributed by atoms with Gasteiger partial charge in [0.15, 0.2) is 0 Å². The topological polar surface area (TPSA) is 54.0 Å². The maximum atomic E-state index is 14.5. The predicted octanol–water partition coefficient (Wildman–Crippen LogP) is 3.85. The lowest BCUT2D eigenvalue weighted by atomic mass is 9.96. The van der Waals surface area contributed by atoms with Crippen LogP contribution in [0.3, 0.4) is 0 Å². The number of carbonyl (C=O) groups is 1. The average molecular weight is 404 g/mol. The van der Waals surface area contributed by atoms with E-state index in [1.807, 2.05) is 31.8 Å². The molecule has 1 aliphatic heterocycles. The Balaban J connectivity index is 1.85. The minimum Gasteiger partial charge on any atom is -0.324 e. The summed E-state index contributed by atoms with van der Waals surface area (Å²) in [5.74, 6) is -1.24. The zero-order valence-corrected chi connectivity index (χ0v) is 18.0. The summed E-state index contributed by atoms with van der Waals surface area (Å²) in [5, 5.41) is 5.98. The van der Waals surface area contributed by atoms with Crippen LogP contribution in [0.15, 0.2) is 24.3 Å². The van der Waals surface area contributed by atoms with Gasteiger partial charge >= 0.3 is 0 Å². The minimum atomic E-state index is -2.16. The molecular formula is C21H27F2N3OSi. The van der Waals surface area contributed by atoms with Crippen molar-refractivity contribution in [2.24, 2.45) is 0 Å². The highest BCUT2D eigenvalue weighted by molar-refractivity contribution is 6.88. The van der Waals surface area contributed by atoms with Gasteiger partial charge in [-0.2, -0.15) is 0 Å². The van der Waals surface area contributed by atoms with E-state index in [0.717, 1.165) is 23.4 Å². The summed E-state index contributed by atoms with van der Waals surface area (Å²) in [7, 11) is -2.16. The van der Waals surface area contributed by atoms with Gasteiger partial charge in [0.2, 0.25) is 5.91 Å². The van der Waals surface area contributed by atoms with Gasteiger partial charge in [0.1, 0.15) is 17.7 Å². The fourth-order valence-corrected chi connectivity index (χ4v) is 5.15. The van der Waals surface area contributed by atoms with Crippen molar-refractivity contribution in [2.75, 3.05) is 11.9 Å².